The van der Waals surface area contributed by atoms with Crippen molar-refractivity contribution in [1.29, 1.82) is 0 Å². The third-order valence-corrected chi connectivity index (χ3v) is 4.00. The minimum Gasteiger partial charge on any atom is -0.349 e. The molecule has 0 bridgehead atoms. The Bertz CT molecular complexity index is 754. The number of likely N-dealkylation sites (N-methyl/N-ethyl adjacent to an activating group) is 1. The van der Waals surface area contributed by atoms with E-state index in [4.69, 9.17) is 0 Å². The van der Waals surface area contributed by atoms with Crippen molar-refractivity contribution in [3.8, 4) is 5.69 Å². The highest BCUT2D eigenvalue weighted by Crippen LogP contribution is 2.18. The van der Waals surface area contributed by atoms with Crippen LogP contribution in [0.3, 0.4) is 0 Å². The number of non-ortho nitro benzene ring substituents is 1. The summed E-state index contributed by atoms with van der Waals surface area (Å²) in [5, 5.41) is 21.6. The number of nitrogens with one attached hydrogen (secondary N) is 1. The van der Waals surface area contributed by atoms with Gasteiger partial charge in [0.25, 0.3) is 11.6 Å². The molecule has 0 aliphatic heterocycles. The molecule has 1 aromatic carbocycles. The molecule has 134 valence electrons. The molecule has 0 fully saturated rings. The summed E-state index contributed by atoms with van der Waals surface area (Å²) in [7, 11) is 0. The number of carbonyl (C=O) groups excluding carboxylic acids is 1. The maximum absolute atomic E-state index is 12.3. The van der Waals surface area contributed by atoms with Crippen LogP contribution >= 0.6 is 0 Å². The van der Waals surface area contributed by atoms with Gasteiger partial charge in [0.15, 0.2) is 5.69 Å². The highest BCUT2D eigenvalue weighted by atomic mass is 16.6. The van der Waals surface area contributed by atoms with Crippen LogP contribution in [-0.2, 0) is 0 Å². The smallest absolute Gasteiger partial charge is 0.273 e. The van der Waals surface area contributed by atoms with E-state index in [0.29, 0.717) is 17.9 Å². The van der Waals surface area contributed by atoms with Crippen molar-refractivity contribution in [2.24, 2.45) is 0 Å². The van der Waals surface area contributed by atoms with Gasteiger partial charge in [-0.15, -0.1) is 5.10 Å². The lowest BCUT2D eigenvalue weighted by atomic mass is 10.2. The van der Waals surface area contributed by atoms with Crippen molar-refractivity contribution >= 4 is 11.6 Å². The Hall–Kier alpha value is -2.81. The summed E-state index contributed by atoms with van der Waals surface area (Å²) in [4.78, 5) is 24.9. The first-order chi connectivity index (χ1) is 12.0. The first kappa shape index (κ1) is 18.5. The number of benzene rings is 1. The van der Waals surface area contributed by atoms with Crippen molar-refractivity contribution < 1.29 is 9.72 Å². The number of nitro groups is 1. The van der Waals surface area contributed by atoms with Gasteiger partial charge in [-0.25, -0.2) is 4.68 Å². The lowest BCUT2D eigenvalue weighted by molar-refractivity contribution is -0.384. The minimum absolute atomic E-state index is 0.0439. The maximum atomic E-state index is 12.3. The van der Waals surface area contributed by atoms with E-state index in [1.807, 2.05) is 0 Å². The molecule has 2 aromatic rings. The van der Waals surface area contributed by atoms with Crippen LogP contribution in [0.25, 0.3) is 5.69 Å². The molecular weight excluding hydrogens is 324 g/mol. The second-order valence-electron chi connectivity index (χ2n) is 5.50. The molecule has 0 aliphatic rings. The molecular formula is C16H22N6O3. The Morgan fingerprint density at radius 2 is 2.08 bits per heavy atom. The van der Waals surface area contributed by atoms with E-state index in [-0.39, 0.29) is 17.3 Å². The Morgan fingerprint density at radius 1 is 1.36 bits per heavy atom. The first-order valence-electron chi connectivity index (χ1n) is 8.15. The van der Waals surface area contributed by atoms with Gasteiger partial charge in [-0.05, 0) is 26.1 Å². The highest BCUT2D eigenvalue weighted by Gasteiger charge is 2.18. The van der Waals surface area contributed by atoms with Gasteiger partial charge in [0.05, 0.1) is 16.3 Å². The standard InChI is InChI=1S/C16H22N6O3/c1-4-20(5-2)10-9-17-16(23)15-12(3)21(19-18-15)13-7-6-8-14(11-13)22(24)25/h6-8,11H,4-5,9-10H2,1-3H3,(H,17,23). The molecule has 9 heteroatoms. The molecule has 0 unspecified atom stereocenters. The molecule has 2 rings (SSSR count). The fourth-order valence-corrected chi connectivity index (χ4v) is 2.47. The summed E-state index contributed by atoms with van der Waals surface area (Å²) < 4.78 is 1.42. The lowest BCUT2D eigenvalue weighted by Crippen LogP contribution is -2.35. The van der Waals surface area contributed by atoms with Crippen molar-refractivity contribution in [1.82, 2.24) is 25.2 Å². The average molecular weight is 346 g/mol. The van der Waals surface area contributed by atoms with Gasteiger partial charge in [-0.3, -0.25) is 14.9 Å². The highest BCUT2D eigenvalue weighted by molar-refractivity contribution is 5.93. The number of nitro benzene ring substituents is 1. The van der Waals surface area contributed by atoms with Crippen LogP contribution in [0, 0.1) is 17.0 Å². The van der Waals surface area contributed by atoms with E-state index >= 15 is 0 Å². The zero-order valence-corrected chi connectivity index (χ0v) is 14.6. The van der Waals surface area contributed by atoms with E-state index in [9.17, 15) is 14.9 Å². The van der Waals surface area contributed by atoms with Gasteiger partial charge in [0, 0.05) is 25.2 Å². The Kier molecular flexibility index (Phi) is 6.18. The van der Waals surface area contributed by atoms with Crippen molar-refractivity contribution in [3.63, 3.8) is 0 Å². The Morgan fingerprint density at radius 3 is 2.72 bits per heavy atom. The number of carbonyl (C=O) groups is 1. The van der Waals surface area contributed by atoms with Crippen LogP contribution in [0.2, 0.25) is 0 Å². The molecule has 1 amide bonds. The van der Waals surface area contributed by atoms with Gasteiger partial charge >= 0.3 is 0 Å². The van der Waals surface area contributed by atoms with Gasteiger partial charge in [0.2, 0.25) is 0 Å². The zero-order chi connectivity index (χ0) is 18.4. The topological polar surface area (TPSA) is 106 Å². The van der Waals surface area contributed by atoms with E-state index in [1.54, 1.807) is 19.1 Å². The minimum atomic E-state index is -0.476. The van der Waals surface area contributed by atoms with Crippen LogP contribution in [0.4, 0.5) is 5.69 Å². The van der Waals surface area contributed by atoms with Crippen molar-refractivity contribution in [3.05, 3.63) is 45.8 Å². The van der Waals surface area contributed by atoms with Crippen LogP contribution < -0.4 is 5.32 Å². The summed E-state index contributed by atoms with van der Waals surface area (Å²) in [6.45, 7) is 8.97. The number of hydrogen-bond donors (Lipinski definition) is 1. The summed E-state index contributed by atoms with van der Waals surface area (Å²) >= 11 is 0. The summed E-state index contributed by atoms with van der Waals surface area (Å²) in [6.07, 6.45) is 0. The number of nitrogens with zero attached hydrogens (tertiary/aromatic N) is 5. The van der Waals surface area contributed by atoms with E-state index in [1.165, 1.54) is 16.8 Å². The molecule has 25 heavy (non-hydrogen) atoms. The van der Waals surface area contributed by atoms with Crippen LogP contribution in [0.1, 0.15) is 30.0 Å². The fourth-order valence-electron chi connectivity index (χ4n) is 2.47. The second-order valence-corrected chi connectivity index (χ2v) is 5.50. The largest absolute Gasteiger partial charge is 0.349 e. The maximum Gasteiger partial charge on any atom is 0.273 e. The van der Waals surface area contributed by atoms with Crippen LogP contribution in [0.15, 0.2) is 24.3 Å². The second kappa shape index (κ2) is 8.34. The molecule has 0 saturated heterocycles. The summed E-state index contributed by atoms with van der Waals surface area (Å²) in [5.41, 5.74) is 1.19. The predicted molar refractivity (Wildman–Crippen MR) is 92.9 cm³/mol. The SMILES string of the molecule is CCN(CC)CCNC(=O)c1nnn(-c2cccc([N+](=O)[O-])c2)c1C. The van der Waals surface area contributed by atoms with E-state index in [0.717, 1.165) is 19.6 Å². The van der Waals surface area contributed by atoms with Crippen molar-refractivity contribution in [2.45, 2.75) is 20.8 Å². The van der Waals surface area contributed by atoms with E-state index in [2.05, 4.69) is 34.4 Å². The fraction of sp³-hybridized carbons (Fsp3) is 0.438. The monoisotopic (exact) mass is 346 g/mol. The number of amides is 1. The molecule has 9 nitrogen and oxygen atoms in total. The Balaban J connectivity index is 2.11. The van der Waals surface area contributed by atoms with Gasteiger partial charge < -0.3 is 10.2 Å². The third-order valence-electron chi connectivity index (χ3n) is 4.00. The average Bonchev–Trinajstić information content (AvgIpc) is 3.00. The molecule has 0 aliphatic carbocycles. The molecule has 1 aromatic heterocycles. The molecule has 0 atom stereocenters. The zero-order valence-electron chi connectivity index (χ0n) is 14.6. The molecule has 0 radical (unpaired) electrons. The molecule has 1 N–H and O–H groups in total. The van der Waals surface area contributed by atoms with Crippen LogP contribution in [-0.4, -0.2) is 56.9 Å². The van der Waals surface area contributed by atoms with Gasteiger partial charge in [-0.1, -0.05) is 25.1 Å². The number of hydrogen-bond acceptors (Lipinski definition) is 6. The van der Waals surface area contributed by atoms with Gasteiger partial charge in [-0.2, -0.15) is 0 Å². The quantitative estimate of drug-likeness (QED) is 0.574. The van der Waals surface area contributed by atoms with E-state index < -0.39 is 4.92 Å². The normalized spacial score (nSPS) is 10.9. The molecule has 0 spiro atoms. The summed E-state index contributed by atoms with van der Waals surface area (Å²) in [5.74, 6) is -0.304. The predicted octanol–water partition coefficient (Wildman–Crippen LogP) is 1.56. The lowest BCUT2D eigenvalue weighted by Gasteiger charge is -2.17. The number of rotatable bonds is 8. The first-order valence-corrected chi connectivity index (χ1v) is 8.15. The van der Waals surface area contributed by atoms with Gasteiger partial charge in [0.1, 0.15) is 0 Å². The Labute approximate surface area is 145 Å². The van der Waals surface area contributed by atoms with Crippen LogP contribution in [0.5, 0.6) is 0 Å². The molecule has 1 heterocycles. The third kappa shape index (κ3) is 4.38. The van der Waals surface area contributed by atoms with Crippen molar-refractivity contribution in [2.75, 3.05) is 26.2 Å². The molecule has 0 saturated carbocycles. The number of aromatic nitrogens is 3. The summed E-state index contributed by atoms with van der Waals surface area (Å²) in [6, 6.07) is 6.04.